The summed E-state index contributed by atoms with van der Waals surface area (Å²) in [6.45, 7) is 1.93. The zero-order chi connectivity index (χ0) is 21.0. The zero-order valence-electron chi connectivity index (χ0n) is 16.7. The average Bonchev–Trinajstić information content (AvgIpc) is 3.29. The molecule has 1 aromatic carbocycles. The first kappa shape index (κ1) is 24.9. The molecular weight excluding hydrogens is 520 g/mol. The van der Waals surface area contributed by atoms with Crippen molar-refractivity contribution in [2.24, 2.45) is 10.9 Å². The summed E-state index contributed by atoms with van der Waals surface area (Å²) in [6, 6.07) is 3.83. The molecule has 30 heavy (non-hydrogen) atoms. The molecule has 0 bridgehead atoms. The molecule has 2 atom stereocenters. The second-order valence-electron chi connectivity index (χ2n) is 7.63. The van der Waals surface area contributed by atoms with Gasteiger partial charge in [0.2, 0.25) is 0 Å². The summed E-state index contributed by atoms with van der Waals surface area (Å²) in [5.74, 6) is -0.853. The lowest BCUT2D eigenvalue weighted by atomic mass is 10.1. The van der Waals surface area contributed by atoms with E-state index in [9.17, 15) is 22.0 Å². The summed E-state index contributed by atoms with van der Waals surface area (Å²) in [4.78, 5) is 7.56. The number of guanidine groups is 1. The van der Waals surface area contributed by atoms with Crippen LogP contribution in [0, 0.1) is 17.6 Å². The highest BCUT2D eigenvalue weighted by molar-refractivity contribution is 14.0. The van der Waals surface area contributed by atoms with Gasteiger partial charge in [0.1, 0.15) is 0 Å². The Kier molecular flexibility index (Phi) is 8.95. The third-order valence-electron chi connectivity index (χ3n) is 5.35. The highest BCUT2D eigenvalue weighted by Gasteiger charge is 2.34. The number of alkyl halides is 3. The Hall–Kier alpha value is -1.37. The fraction of sp³-hybridized carbons (Fsp3) is 0.632. The molecule has 0 radical (unpaired) electrons. The van der Waals surface area contributed by atoms with Crippen LogP contribution in [0.5, 0.6) is 0 Å². The highest BCUT2D eigenvalue weighted by Crippen LogP contribution is 2.25. The standard InChI is InChI=1S/C19H26F5N5.HI/c1-25-18(27-14-5-6-28(11-14)12-19(22,23)24)26-9-13-4-7-29(10-13)15-2-3-16(20)17(21)8-15;/h2-3,8,13-14H,4-7,9-12H2,1H3,(H2,25,26,27);1H. The molecule has 2 saturated heterocycles. The molecule has 170 valence electrons. The van der Waals surface area contributed by atoms with Crippen LogP contribution in [0.25, 0.3) is 0 Å². The van der Waals surface area contributed by atoms with Crippen molar-refractivity contribution < 1.29 is 22.0 Å². The maximum absolute atomic E-state index is 13.4. The summed E-state index contributed by atoms with van der Waals surface area (Å²) in [5.41, 5.74) is 0.657. The zero-order valence-corrected chi connectivity index (χ0v) is 19.0. The van der Waals surface area contributed by atoms with Crippen LogP contribution in [0.4, 0.5) is 27.6 Å². The normalized spacial score (nSPS) is 22.9. The summed E-state index contributed by atoms with van der Waals surface area (Å²) < 4.78 is 64.1. The third kappa shape index (κ3) is 7.10. The SMILES string of the molecule is CN=C(NCC1CCN(c2ccc(F)c(F)c2)C1)NC1CCN(CC(F)(F)F)C1.I. The summed E-state index contributed by atoms with van der Waals surface area (Å²) >= 11 is 0. The van der Waals surface area contributed by atoms with E-state index in [2.05, 4.69) is 15.6 Å². The van der Waals surface area contributed by atoms with Crippen molar-refractivity contribution in [3.63, 3.8) is 0 Å². The lowest BCUT2D eigenvalue weighted by Crippen LogP contribution is -2.46. The Labute approximate surface area is 190 Å². The number of nitrogens with one attached hydrogen (secondary N) is 2. The Bertz CT molecular complexity index is 730. The number of aliphatic imine (C=N–C) groups is 1. The molecule has 11 heteroatoms. The lowest BCUT2D eigenvalue weighted by molar-refractivity contribution is -0.143. The smallest absolute Gasteiger partial charge is 0.371 e. The van der Waals surface area contributed by atoms with E-state index in [0.717, 1.165) is 19.0 Å². The van der Waals surface area contributed by atoms with E-state index in [0.29, 0.717) is 50.2 Å². The lowest BCUT2D eigenvalue weighted by Gasteiger charge is -2.21. The topological polar surface area (TPSA) is 42.9 Å². The first-order valence-electron chi connectivity index (χ1n) is 9.70. The van der Waals surface area contributed by atoms with E-state index in [-0.39, 0.29) is 30.0 Å². The fourth-order valence-electron chi connectivity index (χ4n) is 3.89. The molecule has 0 spiro atoms. The van der Waals surface area contributed by atoms with E-state index in [1.807, 2.05) is 4.90 Å². The monoisotopic (exact) mass is 547 g/mol. The fourth-order valence-corrected chi connectivity index (χ4v) is 3.89. The second-order valence-corrected chi connectivity index (χ2v) is 7.63. The van der Waals surface area contributed by atoms with Crippen molar-refractivity contribution in [1.82, 2.24) is 15.5 Å². The minimum absolute atomic E-state index is 0. The predicted molar refractivity (Wildman–Crippen MR) is 117 cm³/mol. The Morgan fingerprint density at radius 2 is 1.90 bits per heavy atom. The molecule has 2 unspecified atom stereocenters. The molecule has 2 fully saturated rings. The van der Waals surface area contributed by atoms with Gasteiger partial charge in [0.15, 0.2) is 17.6 Å². The van der Waals surface area contributed by atoms with Crippen molar-refractivity contribution in [2.75, 3.05) is 51.2 Å². The molecular formula is C19H27F5IN5. The van der Waals surface area contributed by atoms with Crippen LogP contribution in [0.15, 0.2) is 23.2 Å². The first-order chi connectivity index (χ1) is 13.7. The van der Waals surface area contributed by atoms with E-state index in [1.165, 1.54) is 11.0 Å². The summed E-state index contributed by atoms with van der Waals surface area (Å²) in [6.07, 6.45) is -2.66. The second kappa shape index (κ2) is 10.8. The number of hydrogen-bond donors (Lipinski definition) is 2. The minimum atomic E-state index is -4.18. The number of likely N-dealkylation sites (tertiary alicyclic amines) is 1. The van der Waals surface area contributed by atoms with E-state index in [4.69, 9.17) is 0 Å². The Morgan fingerprint density at radius 3 is 2.57 bits per heavy atom. The van der Waals surface area contributed by atoms with Crippen LogP contribution >= 0.6 is 24.0 Å². The molecule has 2 N–H and O–H groups in total. The van der Waals surface area contributed by atoms with Crippen LogP contribution in [-0.2, 0) is 0 Å². The van der Waals surface area contributed by atoms with Crippen LogP contribution in [0.1, 0.15) is 12.8 Å². The molecule has 3 rings (SSSR count). The molecule has 2 heterocycles. The van der Waals surface area contributed by atoms with Gasteiger partial charge >= 0.3 is 6.18 Å². The van der Waals surface area contributed by atoms with Gasteiger partial charge in [-0.2, -0.15) is 13.2 Å². The van der Waals surface area contributed by atoms with Gasteiger partial charge in [-0.25, -0.2) is 8.78 Å². The summed E-state index contributed by atoms with van der Waals surface area (Å²) in [5, 5.41) is 6.42. The van der Waals surface area contributed by atoms with E-state index in [1.54, 1.807) is 13.1 Å². The maximum atomic E-state index is 13.4. The summed E-state index contributed by atoms with van der Waals surface area (Å²) in [7, 11) is 1.63. The van der Waals surface area contributed by atoms with Crippen molar-refractivity contribution in [3.8, 4) is 0 Å². The van der Waals surface area contributed by atoms with Crippen LogP contribution < -0.4 is 15.5 Å². The number of nitrogens with zero attached hydrogens (tertiary/aromatic N) is 3. The largest absolute Gasteiger partial charge is 0.401 e. The maximum Gasteiger partial charge on any atom is 0.401 e. The van der Waals surface area contributed by atoms with E-state index < -0.39 is 24.4 Å². The van der Waals surface area contributed by atoms with Crippen molar-refractivity contribution in [3.05, 3.63) is 29.8 Å². The number of rotatable bonds is 5. The average molecular weight is 547 g/mol. The van der Waals surface area contributed by atoms with Crippen LogP contribution in [-0.4, -0.2) is 69.4 Å². The minimum Gasteiger partial charge on any atom is -0.371 e. The van der Waals surface area contributed by atoms with Gasteiger partial charge in [-0.1, -0.05) is 0 Å². The molecule has 0 saturated carbocycles. The number of hydrogen-bond acceptors (Lipinski definition) is 3. The number of anilines is 1. The molecule has 2 aliphatic rings. The van der Waals surface area contributed by atoms with E-state index >= 15 is 0 Å². The number of benzene rings is 1. The highest BCUT2D eigenvalue weighted by atomic mass is 127. The van der Waals surface area contributed by atoms with Gasteiger partial charge in [0.05, 0.1) is 6.54 Å². The van der Waals surface area contributed by atoms with Gasteiger partial charge in [0, 0.05) is 57.6 Å². The predicted octanol–water partition coefficient (Wildman–Crippen LogP) is 3.21. The van der Waals surface area contributed by atoms with Gasteiger partial charge in [-0.15, -0.1) is 24.0 Å². The molecule has 0 aliphatic carbocycles. The van der Waals surface area contributed by atoms with Gasteiger partial charge in [-0.05, 0) is 30.9 Å². The van der Waals surface area contributed by atoms with Crippen molar-refractivity contribution in [1.29, 1.82) is 0 Å². The molecule has 1 aromatic rings. The van der Waals surface area contributed by atoms with Gasteiger partial charge in [0.25, 0.3) is 0 Å². The quantitative estimate of drug-likeness (QED) is 0.257. The first-order valence-corrected chi connectivity index (χ1v) is 9.70. The van der Waals surface area contributed by atoms with Crippen LogP contribution in [0.2, 0.25) is 0 Å². The van der Waals surface area contributed by atoms with Crippen molar-refractivity contribution >= 4 is 35.6 Å². The molecule has 5 nitrogen and oxygen atoms in total. The molecule has 0 aromatic heterocycles. The third-order valence-corrected chi connectivity index (χ3v) is 5.35. The molecule has 0 amide bonds. The van der Waals surface area contributed by atoms with Gasteiger partial charge < -0.3 is 15.5 Å². The van der Waals surface area contributed by atoms with Gasteiger partial charge in [-0.3, -0.25) is 9.89 Å². The van der Waals surface area contributed by atoms with Crippen LogP contribution in [0.3, 0.4) is 0 Å². The number of halogens is 6. The Balaban J connectivity index is 0.00000320. The molecule has 2 aliphatic heterocycles. The van der Waals surface area contributed by atoms with Crippen molar-refractivity contribution in [2.45, 2.75) is 25.1 Å². The Morgan fingerprint density at radius 1 is 1.13 bits per heavy atom.